The number of rotatable bonds is 7. The van der Waals surface area contributed by atoms with Gasteiger partial charge in [0.05, 0.1) is 24.5 Å². The van der Waals surface area contributed by atoms with Crippen molar-refractivity contribution in [3.63, 3.8) is 0 Å². The number of nitrogens with one attached hydrogen (secondary N) is 2. The Morgan fingerprint density at radius 2 is 1.86 bits per heavy atom. The normalized spacial score (nSPS) is 20.3. The second-order valence-corrected chi connectivity index (χ2v) is 9.24. The molecule has 0 bridgehead atoms. The zero-order valence-electron chi connectivity index (χ0n) is 16.6. The van der Waals surface area contributed by atoms with Crippen molar-refractivity contribution in [2.75, 3.05) is 30.7 Å². The molecular formula is C19H27N5O4S. The highest BCUT2D eigenvalue weighted by atomic mass is 32.2. The zero-order valence-corrected chi connectivity index (χ0v) is 17.4. The first-order valence-electron chi connectivity index (χ1n) is 9.57. The van der Waals surface area contributed by atoms with E-state index in [1.54, 1.807) is 16.9 Å². The number of amides is 2. The summed E-state index contributed by atoms with van der Waals surface area (Å²) in [5, 5.41) is 9.49. The van der Waals surface area contributed by atoms with E-state index in [0.29, 0.717) is 25.5 Å². The Balaban J connectivity index is 1.44. The molecule has 2 atom stereocenters. The fraction of sp³-hybridized carbons (Fsp3) is 0.474. The molecule has 1 aliphatic rings. The van der Waals surface area contributed by atoms with Gasteiger partial charge in [0.25, 0.3) is 0 Å². The van der Waals surface area contributed by atoms with Gasteiger partial charge in [-0.25, -0.2) is 13.2 Å². The van der Waals surface area contributed by atoms with Gasteiger partial charge in [-0.05, 0) is 19.4 Å². The van der Waals surface area contributed by atoms with Gasteiger partial charge in [-0.15, -0.1) is 0 Å². The number of hydrogen-bond donors (Lipinski definition) is 2. The highest BCUT2D eigenvalue weighted by Gasteiger charge is 2.30. The lowest BCUT2D eigenvalue weighted by Gasteiger charge is -2.34. The van der Waals surface area contributed by atoms with Crippen molar-refractivity contribution >= 4 is 21.9 Å². The minimum absolute atomic E-state index is 0.0129. The van der Waals surface area contributed by atoms with Gasteiger partial charge in [0, 0.05) is 31.9 Å². The van der Waals surface area contributed by atoms with E-state index in [4.69, 9.17) is 4.74 Å². The van der Waals surface area contributed by atoms with E-state index in [0.717, 1.165) is 5.56 Å². The van der Waals surface area contributed by atoms with Crippen LogP contribution < -0.4 is 10.6 Å². The number of carbonyl (C=O) groups excluding carboxylic acids is 1. The quantitative estimate of drug-likeness (QED) is 0.705. The summed E-state index contributed by atoms with van der Waals surface area (Å²) in [7, 11) is -3.46. The van der Waals surface area contributed by atoms with E-state index in [9.17, 15) is 13.2 Å². The third-order valence-electron chi connectivity index (χ3n) is 4.49. The molecule has 1 aromatic carbocycles. The van der Waals surface area contributed by atoms with Crippen molar-refractivity contribution in [1.29, 1.82) is 0 Å². The van der Waals surface area contributed by atoms with Crippen LogP contribution in [0.4, 0.5) is 10.6 Å². The van der Waals surface area contributed by atoms with Gasteiger partial charge in [0.1, 0.15) is 0 Å². The maximum Gasteiger partial charge on any atom is 0.320 e. The lowest BCUT2D eigenvalue weighted by Crippen LogP contribution is -2.49. The van der Waals surface area contributed by atoms with Crippen LogP contribution in [0.15, 0.2) is 42.6 Å². The van der Waals surface area contributed by atoms with Crippen molar-refractivity contribution in [3.05, 3.63) is 48.2 Å². The van der Waals surface area contributed by atoms with E-state index in [1.165, 1.54) is 4.31 Å². The molecule has 2 heterocycles. The van der Waals surface area contributed by atoms with Crippen LogP contribution >= 0.6 is 0 Å². The fourth-order valence-corrected chi connectivity index (χ4v) is 4.72. The van der Waals surface area contributed by atoms with Gasteiger partial charge in [0.15, 0.2) is 5.82 Å². The summed E-state index contributed by atoms with van der Waals surface area (Å²) in [6.07, 6.45) is 1.49. The molecule has 2 N–H and O–H groups in total. The van der Waals surface area contributed by atoms with Gasteiger partial charge in [-0.3, -0.25) is 10.00 Å². The molecule has 158 valence electrons. The summed E-state index contributed by atoms with van der Waals surface area (Å²) in [5.74, 6) is 0.236. The summed E-state index contributed by atoms with van der Waals surface area (Å²) in [4.78, 5) is 12.0. The molecule has 29 heavy (non-hydrogen) atoms. The van der Waals surface area contributed by atoms with Crippen LogP contribution in [0.2, 0.25) is 0 Å². The minimum Gasteiger partial charge on any atom is -0.373 e. The van der Waals surface area contributed by atoms with Gasteiger partial charge in [-0.1, -0.05) is 30.3 Å². The van der Waals surface area contributed by atoms with Crippen molar-refractivity contribution in [3.8, 4) is 0 Å². The molecule has 0 unspecified atom stereocenters. The molecule has 10 heteroatoms. The Morgan fingerprint density at radius 3 is 2.55 bits per heavy atom. The summed E-state index contributed by atoms with van der Waals surface area (Å²) in [6.45, 7) is 4.97. The van der Waals surface area contributed by atoms with Crippen LogP contribution in [0.25, 0.3) is 0 Å². The van der Waals surface area contributed by atoms with E-state index >= 15 is 0 Å². The average molecular weight is 422 g/mol. The standard InChI is InChI=1S/C19H27N5O4S/c1-15-12-24(13-16(2)28-15)29(26,27)11-9-20-19(25)21-18-8-10-23(22-18)14-17-6-4-3-5-7-17/h3-8,10,15-16H,9,11-14H2,1-2H3,(H2,20,21,22,25)/t15-,16-/m0/s1. The molecule has 0 radical (unpaired) electrons. The molecule has 2 amide bonds. The maximum absolute atomic E-state index is 12.5. The first kappa shape index (κ1) is 21.3. The molecule has 0 aliphatic carbocycles. The molecule has 1 aromatic heterocycles. The summed E-state index contributed by atoms with van der Waals surface area (Å²) < 4.78 is 33.7. The fourth-order valence-electron chi connectivity index (χ4n) is 3.23. The van der Waals surface area contributed by atoms with E-state index in [2.05, 4.69) is 15.7 Å². The molecule has 3 rings (SSSR count). The summed E-state index contributed by atoms with van der Waals surface area (Å²) in [5.41, 5.74) is 1.10. The van der Waals surface area contributed by atoms with Crippen LogP contribution in [0.3, 0.4) is 0 Å². The Morgan fingerprint density at radius 1 is 1.17 bits per heavy atom. The molecular weight excluding hydrogens is 394 g/mol. The third-order valence-corrected chi connectivity index (χ3v) is 6.30. The van der Waals surface area contributed by atoms with Crippen LogP contribution in [-0.4, -0.2) is 66.1 Å². The van der Waals surface area contributed by atoms with Crippen LogP contribution in [0.1, 0.15) is 19.4 Å². The number of carbonyl (C=O) groups is 1. The number of ether oxygens (including phenoxy) is 1. The van der Waals surface area contributed by atoms with Crippen LogP contribution in [0, 0.1) is 0 Å². The van der Waals surface area contributed by atoms with Gasteiger partial charge >= 0.3 is 6.03 Å². The first-order chi connectivity index (χ1) is 13.8. The van der Waals surface area contributed by atoms with E-state index < -0.39 is 16.1 Å². The Labute approximate surface area is 171 Å². The first-order valence-corrected chi connectivity index (χ1v) is 11.2. The second kappa shape index (κ2) is 9.38. The van der Waals surface area contributed by atoms with Crippen molar-refractivity contribution in [2.45, 2.75) is 32.6 Å². The Hall–Kier alpha value is -2.43. The zero-order chi connectivity index (χ0) is 20.9. The number of hydrogen-bond acceptors (Lipinski definition) is 5. The third kappa shape index (κ3) is 6.28. The molecule has 2 aromatic rings. The predicted octanol–water partition coefficient (Wildman–Crippen LogP) is 1.49. The average Bonchev–Trinajstić information content (AvgIpc) is 3.08. The Bertz CT molecular complexity index is 906. The molecule has 1 fully saturated rings. The van der Waals surface area contributed by atoms with E-state index in [1.807, 2.05) is 44.2 Å². The highest BCUT2D eigenvalue weighted by molar-refractivity contribution is 7.89. The molecule has 1 saturated heterocycles. The molecule has 1 aliphatic heterocycles. The van der Waals surface area contributed by atoms with Gasteiger partial charge in [0.2, 0.25) is 10.0 Å². The van der Waals surface area contributed by atoms with Crippen molar-refractivity contribution < 1.29 is 17.9 Å². The lowest BCUT2D eigenvalue weighted by molar-refractivity contribution is -0.0440. The largest absolute Gasteiger partial charge is 0.373 e. The topological polar surface area (TPSA) is 106 Å². The van der Waals surface area contributed by atoms with Crippen LogP contribution in [0.5, 0.6) is 0 Å². The number of anilines is 1. The second-order valence-electron chi connectivity index (χ2n) is 7.16. The molecule has 0 spiro atoms. The Kier molecular flexibility index (Phi) is 6.88. The number of sulfonamides is 1. The number of benzene rings is 1. The maximum atomic E-state index is 12.5. The smallest absolute Gasteiger partial charge is 0.320 e. The van der Waals surface area contributed by atoms with Crippen molar-refractivity contribution in [1.82, 2.24) is 19.4 Å². The minimum atomic E-state index is -3.46. The molecule has 9 nitrogen and oxygen atoms in total. The number of aromatic nitrogens is 2. The number of morpholine rings is 1. The summed E-state index contributed by atoms with van der Waals surface area (Å²) in [6, 6.07) is 11.1. The molecule has 0 saturated carbocycles. The lowest BCUT2D eigenvalue weighted by atomic mass is 10.2. The summed E-state index contributed by atoms with van der Waals surface area (Å²) >= 11 is 0. The van der Waals surface area contributed by atoms with Gasteiger partial charge < -0.3 is 10.1 Å². The number of urea groups is 1. The predicted molar refractivity (Wildman–Crippen MR) is 110 cm³/mol. The van der Waals surface area contributed by atoms with E-state index in [-0.39, 0.29) is 24.5 Å². The van der Waals surface area contributed by atoms with Gasteiger partial charge in [-0.2, -0.15) is 9.40 Å². The monoisotopic (exact) mass is 421 g/mol. The van der Waals surface area contributed by atoms with Crippen LogP contribution in [-0.2, 0) is 21.3 Å². The SMILES string of the molecule is C[C@H]1CN(S(=O)(=O)CCNC(=O)Nc2ccn(Cc3ccccc3)n2)C[C@H](C)O1. The van der Waals surface area contributed by atoms with Crippen molar-refractivity contribution in [2.24, 2.45) is 0 Å². The highest BCUT2D eigenvalue weighted by Crippen LogP contribution is 2.14. The number of nitrogens with zero attached hydrogens (tertiary/aromatic N) is 3.